The van der Waals surface area contributed by atoms with Gasteiger partial charge in [0.1, 0.15) is 4.88 Å². The van der Waals surface area contributed by atoms with Gasteiger partial charge in [-0.05, 0) is 38.5 Å². The molecule has 8 heteroatoms. The van der Waals surface area contributed by atoms with Gasteiger partial charge in [-0.3, -0.25) is 9.79 Å². The fourth-order valence-corrected chi connectivity index (χ4v) is 4.24. The monoisotopic (exact) mass is 395 g/mol. The molecular formula is C19H33N5O2S. The molecular weight excluding hydrogens is 362 g/mol. The van der Waals surface area contributed by atoms with E-state index in [9.17, 15) is 4.79 Å². The number of thiazole rings is 1. The summed E-state index contributed by atoms with van der Waals surface area (Å²) in [6.07, 6.45) is 6.17. The average molecular weight is 396 g/mol. The van der Waals surface area contributed by atoms with Crippen molar-refractivity contribution < 1.29 is 9.53 Å². The molecule has 7 nitrogen and oxygen atoms in total. The number of carbonyl (C=O) groups excluding carboxylic acids is 1. The van der Waals surface area contributed by atoms with Gasteiger partial charge in [0.05, 0.1) is 11.2 Å². The predicted octanol–water partition coefficient (Wildman–Crippen LogP) is 2.33. The fraction of sp³-hybridized carbons (Fsp3) is 0.737. The summed E-state index contributed by atoms with van der Waals surface area (Å²) < 4.78 is 5.58. The van der Waals surface area contributed by atoms with E-state index in [4.69, 9.17) is 4.74 Å². The number of aliphatic imine (C=N–C) groups is 1. The van der Waals surface area contributed by atoms with Crippen LogP contribution in [0.4, 0.5) is 0 Å². The van der Waals surface area contributed by atoms with E-state index >= 15 is 0 Å². The average Bonchev–Trinajstić information content (AvgIpc) is 3.31. The van der Waals surface area contributed by atoms with Gasteiger partial charge in [-0.15, -0.1) is 11.3 Å². The van der Waals surface area contributed by atoms with Gasteiger partial charge in [-0.2, -0.15) is 0 Å². The van der Waals surface area contributed by atoms with Crippen LogP contribution in [0.5, 0.6) is 0 Å². The highest BCUT2D eigenvalue weighted by Gasteiger charge is 2.33. The number of hydrogen-bond acceptors (Lipinski definition) is 5. The van der Waals surface area contributed by atoms with Gasteiger partial charge in [-0.25, -0.2) is 4.98 Å². The fourth-order valence-electron chi connectivity index (χ4n) is 3.52. The van der Waals surface area contributed by atoms with Crippen molar-refractivity contribution in [2.75, 3.05) is 39.9 Å². The molecule has 152 valence electrons. The number of nitrogens with zero attached hydrogens (tertiary/aromatic N) is 2. The maximum atomic E-state index is 12.1. The van der Waals surface area contributed by atoms with E-state index in [2.05, 4.69) is 25.9 Å². The second-order valence-electron chi connectivity index (χ2n) is 7.03. The van der Waals surface area contributed by atoms with Crippen LogP contribution in [0, 0.1) is 12.3 Å². The molecule has 0 saturated heterocycles. The summed E-state index contributed by atoms with van der Waals surface area (Å²) in [7, 11) is 1.77. The zero-order valence-corrected chi connectivity index (χ0v) is 17.6. The molecule has 1 aromatic rings. The van der Waals surface area contributed by atoms with Crippen LogP contribution in [0.25, 0.3) is 0 Å². The summed E-state index contributed by atoms with van der Waals surface area (Å²) in [5, 5.41) is 9.65. The molecule has 1 aromatic heterocycles. The lowest BCUT2D eigenvalue weighted by atomic mass is 9.83. The smallest absolute Gasteiger partial charge is 0.263 e. The standard InChI is InChI=1S/C19H33N5O2S/c1-4-26-12-9-19(7-5-6-8-19)13-23-18(20-3)22-11-10-21-17(25)16-15(2)24-14-27-16/h14H,4-13H2,1-3H3,(H,21,25)(H2,20,22,23). The van der Waals surface area contributed by atoms with Crippen molar-refractivity contribution in [2.45, 2.75) is 46.0 Å². The SMILES string of the molecule is CCOCCC1(CNC(=NC)NCCNC(=O)c2scnc2C)CCCC1. The third-order valence-corrected chi connectivity index (χ3v) is 6.08. The maximum Gasteiger partial charge on any atom is 0.263 e. The Morgan fingerprint density at radius 2 is 2.04 bits per heavy atom. The molecule has 0 aromatic carbocycles. The van der Waals surface area contributed by atoms with E-state index < -0.39 is 0 Å². The first-order valence-corrected chi connectivity index (χ1v) is 10.7. The van der Waals surface area contributed by atoms with Gasteiger partial charge < -0.3 is 20.7 Å². The van der Waals surface area contributed by atoms with Crippen LogP contribution >= 0.6 is 11.3 Å². The van der Waals surface area contributed by atoms with Crippen molar-refractivity contribution in [1.82, 2.24) is 20.9 Å². The van der Waals surface area contributed by atoms with Gasteiger partial charge in [0.15, 0.2) is 5.96 Å². The molecule has 1 heterocycles. The van der Waals surface area contributed by atoms with E-state index in [0.717, 1.165) is 37.8 Å². The molecule has 2 rings (SSSR count). The molecule has 1 aliphatic rings. The first-order chi connectivity index (χ1) is 13.1. The van der Waals surface area contributed by atoms with Crippen molar-refractivity contribution in [1.29, 1.82) is 0 Å². The van der Waals surface area contributed by atoms with E-state index in [1.54, 1.807) is 12.6 Å². The second kappa shape index (κ2) is 11.2. The summed E-state index contributed by atoms with van der Waals surface area (Å²) in [6, 6.07) is 0. The maximum absolute atomic E-state index is 12.1. The Labute approximate surface area is 166 Å². The Bertz CT molecular complexity index is 611. The van der Waals surface area contributed by atoms with Crippen molar-refractivity contribution in [2.24, 2.45) is 10.4 Å². The van der Waals surface area contributed by atoms with Crippen molar-refractivity contribution >= 4 is 23.2 Å². The first kappa shape index (κ1) is 21.6. The van der Waals surface area contributed by atoms with Crippen LogP contribution in [-0.4, -0.2) is 56.7 Å². The Morgan fingerprint density at radius 1 is 1.30 bits per heavy atom. The van der Waals surface area contributed by atoms with Crippen molar-refractivity contribution in [3.05, 3.63) is 16.1 Å². The third-order valence-electron chi connectivity index (χ3n) is 5.15. The van der Waals surface area contributed by atoms with Crippen LogP contribution < -0.4 is 16.0 Å². The van der Waals surface area contributed by atoms with Crippen LogP contribution in [-0.2, 0) is 4.74 Å². The summed E-state index contributed by atoms with van der Waals surface area (Å²) in [4.78, 5) is 21.2. The van der Waals surface area contributed by atoms with Gasteiger partial charge in [0.2, 0.25) is 0 Å². The topological polar surface area (TPSA) is 87.6 Å². The minimum atomic E-state index is -0.0689. The number of aryl methyl sites for hydroxylation is 1. The van der Waals surface area contributed by atoms with Gasteiger partial charge in [-0.1, -0.05) is 12.8 Å². The number of guanidine groups is 1. The van der Waals surface area contributed by atoms with Crippen LogP contribution in [0.3, 0.4) is 0 Å². The quantitative estimate of drug-likeness (QED) is 0.321. The van der Waals surface area contributed by atoms with E-state index in [0.29, 0.717) is 23.4 Å². The van der Waals surface area contributed by atoms with Crippen LogP contribution in [0.1, 0.15) is 54.4 Å². The lowest BCUT2D eigenvalue weighted by Gasteiger charge is -2.30. The number of carbonyl (C=O) groups is 1. The second-order valence-corrected chi connectivity index (χ2v) is 7.88. The molecule has 0 spiro atoms. The number of nitrogens with one attached hydrogen (secondary N) is 3. The molecule has 0 atom stereocenters. The van der Waals surface area contributed by atoms with Gasteiger partial charge >= 0.3 is 0 Å². The first-order valence-electron chi connectivity index (χ1n) is 9.81. The molecule has 1 saturated carbocycles. The highest BCUT2D eigenvalue weighted by atomic mass is 32.1. The highest BCUT2D eigenvalue weighted by Crippen LogP contribution is 2.40. The lowest BCUT2D eigenvalue weighted by molar-refractivity contribution is 0.0957. The van der Waals surface area contributed by atoms with Gasteiger partial charge in [0.25, 0.3) is 5.91 Å². The molecule has 3 N–H and O–H groups in total. The number of rotatable bonds is 10. The summed E-state index contributed by atoms with van der Waals surface area (Å²) >= 11 is 1.37. The van der Waals surface area contributed by atoms with Crippen LogP contribution in [0.15, 0.2) is 10.5 Å². The largest absolute Gasteiger partial charge is 0.382 e. The summed E-state index contributed by atoms with van der Waals surface area (Å²) in [5.41, 5.74) is 2.78. The molecule has 1 fully saturated rings. The summed E-state index contributed by atoms with van der Waals surface area (Å²) in [5.74, 6) is 0.710. The van der Waals surface area contributed by atoms with E-state index in [1.807, 2.05) is 13.8 Å². The van der Waals surface area contributed by atoms with E-state index in [-0.39, 0.29) is 5.91 Å². The Morgan fingerprint density at radius 3 is 2.67 bits per heavy atom. The normalized spacial score (nSPS) is 16.3. The molecule has 0 radical (unpaired) electrons. The molecule has 0 unspecified atom stereocenters. The summed E-state index contributed by atoms with van der Waals surface area (Å²) in [6.45, 7) is 7.56. The van der Waals surface area contributed by atoms with Crippen molar-refractivity contribution in [3.63, 3.8) is 0 Å². The molecule has 27 heavy (non-hydrogen) atoms. The lowest BCUT2D eigenvalue weighted by Crippen LogP contribution is -2.45. The molecule has 1 amide bonds. The Kier molecular flexibility index (Phi) is 9.00. The number of hydrogen-bond donors (Lipinski definition) is 3. The zero-order valence-electron chi connectivity index (χ0n) is 16.8. The van der Waals surface area contributed by atoms with Crippen LogP contribution in [0.2, 0.25) is 0 Å². The molecule has 1 aliphatic carbocycles. The minimum absolute atomic E-state index is 0.0689. The van der Waals surface area contributed by atoms with Gasteiger partial charge in [0, 0.05) is 39.9 Å². The minimum Gasteiger partial charge on any atom is -0.382 e. The highest BCUT2D eigenvalue weighted by molar-refractivity contribution is 7.11. The Balaban J connectivity index is 1.70. The molecule has 0 bridgehead atoms. The third kappa shape index (κ3) is 6.77. The van der Waals surface area contributed by atoms with E-state index in [1.165, 1.54) is 37.0 Å². The molecule has 0 aliphatic heterocycles. The number of aromatic nitrogens is 1. The Hall–Kier alpha value is -1.67. The zero-order chi connectivity index (χ0) is 19.5. The number of ether oxygens (including phenoxy) is 1. The predicted molar refractivity (Wildman–Crippen MR) is 111 cm³/mol. The number of amides is 1. The van der Waals surface area contributed by atoms with Crippen molar-refractivity contribution in [3.8, 4) is 0 Å².